The van der Waals surface area contributed by atoms with Gasteiger partial charge in [0.2, 0.25) is 0 Å². The van der Waals surface area contributed by atoms with Gasteiger partial charge < -0.3 is 9.47 Å². The van der Waals surface area contributed by atoms with Gasteiger partial charge in [0.25, 0.3) is 5.85 Å². The number of ether oxygens (including phenoxy) is 2. The van der Waals surface area contributed by atoms with Gasteiger partial charge in [-0.2, -0.15) is 0 Å². The zero-order valence-electron chi connectivity index (χ0n) is 17.1. The second-order valence-corrected chi connectivity index (χ2v) is 10.9. The number of rotatable bonds is 5. The molecule has 3 nitrogen and oxygen atoms in total. The van der Waals surface area contributed by atoms with Crippen LogP contribution < -0.4 is 20.7 Å². The van der Waals surface area contributed by atoms with Crippen LogP contribution >= 0.6 is 7.26 Å². The van der Waals surface area contributed by atoms with E-state index in [1.54, 1.807) is 7.11 Å². The molecule has 1 heterocycles. The molecular formula is C27H22O3P+. The van der Waals surface area contributed by atoms with Crippen LogP contribution in [-0.2, 0) is 4.74 Å². The SMILES string of the molecule is COc1cccc2c1[C@@H]([P+](c1ccccc1)(c1ccccc1)c1ccccc1)OC2=O. The van der Waals surface area contributed by atoms with Gasteiger partial charge in [-0.25, -0.2) is 4.79 Å². The Bertz CT molecular complexity index is 1110. The molecule has 0 N–H and O–H groups in total. The van der Waals surface area contributed by atoms with Crippen LogP contribution in [-0.4, -0.2) is 13.1 Å². The Morgan fingerprint density at radius 3 is 1.61 bits per heavy atom. The summed E-state index contributed by atoms with van der Waals surface area (Å²) in [4.78, 5) is 13.0. The van der Waals surface area contributed by atoms with Crippen LogP contribution in [0.4, 0.5) is 0 Å². The minimum Gasteiger partial charge on any atom is -0.496 e. The highest BCUT2D eigenvalue weighted by molar-refractivity contribution is 7.95. The predicted octanol–water partition coefficient (Wildman–Crippen LogP) is 4.86. The van der Waals surface area contributed by atoms with Gasteiger partial charge in [0.05, 0.1) is 18.2 Å². The maximum Gasteiger partial charge on any atom is 0.342 e. The third-order valence-corrected chi connectivity index (χ3v) is 10.2. The summed E-state index contributed by atoms with van der Waals surface area (Å²) >= 11 is 0. The second kappa shape index (κ2) is 8.02. The van der Waals surface area contributed by atoms with E-state index in [2.05, 4.69) is 72.8 Å². The molecule has 1 aliphatic heterocycles. The molecule has 4 aromatic carbocycles. The van der Waals surface area contributed by atoms with E-state index in [9.17, 15) is 4.79 Å². The summed E-state index contributed by atoms with van der Waals surface area (Å²) in [6.07, 6.45) is 0. The number of hydrogen-bond donors (Lipinski definition) is 0. The summed E-state index contributed by atoms with van der Waals surface area (Å²) in [6.45, 7) is 0. The maximum atomic E-state index is 13.0. The Morgan fingerprint density at radius 2 is 1.16 bits per heavy atom. The van der Waals surface area contributed by atoms with Crippen molar-refractivity contribution in [2.75, 3.05) is 7.11 Å². The summed E-state index contributed by atoms with van der Waals surface area (Å²) in [5.41, 5.74) is 1.41. The molecule has 31 heavy (non-hydrogen) atoms. The molecular weight excluding hydrogens is 403 g/mol. The molecule has 1 atom stereocenters. The highest BCUT2D eigenvalue weighted by Crippen LogP contribution is 2.70. The van der Waals surface area contributed by atoms with Crippen molar-refractivity contribution in [3.8, 4) is 5.75 Å². The summed E-state index contributed by atoms with van der Waals surface area (Å²) in [5.74, 6) is -0.0927. The molecule has 0 saturated heterocycles. The number of carbonyl (C=O) groups is 1. The molecule has 0 unspecified atom stereocenters. The lowest BCUT2D eigenvalue weighted by Crippen LogP contribution is -2.35. The lowest BCUT2D eigenvalue weighted by molar-refractivity contribution is 0.0513. The first-order valence-electron chi connectivity index (χ1n) is 10.2. The van der Waals surface area contributed by atoms with E-state index < -0.39 is 13.1 Å². The zero-order valence-corrected chi connectivity index (χ0v) is 18.0. The van der Waals surface area contributed by atoms with E-state index in [1.807, 2.05) is 36.4 Å². The number of methoxy groups -OCH3 is 1. The van der Waals surface area contributed by atoms with Crippen LogP contribution in [0.3, 0.4) is 0 Å². The maximum absolute atomic E-state index is 13.0. The monoisotopic (exact) mass is 425 g/mol. The number of esters is 1. The third-order valence-electron chi connectivity index (χ3n) is 5.81. The van der Waals surface area contributed by atoms with Crippen LogP contribution in [0, 0.1) is 0 Å². The van der Waals surface area contributed by atoms with E-state index in [4.69, 9.17) is 9.47 Å². The number of cyclic esters (lactones) is 1. The van der Waals surface area contributed by atoms with E-state index in [0.29, 0.717) is 11.3 Å². The number of fused-ring (bicyclic) bond motifs is 1. The highest BCUT2D eigenvalue weighted by Gasteiger charge is 2.59. The van der Waals surface area contributed by atoms with Crippen LogP contribution in [0.15, 0.2) is 109 Å². The van der Waals surface area contributed by atoms with Gasteiger partial charge in [-0.3, -0.25) is 0 Å². The molecule has 0 amide bonds. The lowest BCUT2D eigenvalue weighted by atomic mass is 10.1. The Hall–Kier alpha value is -3.42. The minimum atomic E-state index is -2.43. The number of carbonyl (C=O) groups excluding carboxylic acids is 1. The van der Waals surface area contributed by atoms with Crippen molar-refractivity contribution in [3.63, 3.8) is 0 Å². The summed E-state index contributed by atoms with van der Waals surface area (Å²) < 4.78 is 12.0. The Labute approximate surface area is 182 Å². The van der Waals surface area contributed by atoms with Gasteiger partial charge in [-0.1, -0.05) is 60.7 Å². The van der Waals surface area contributed by atoms with E-state index in [0.717, 1.165) is 21.5 Å². The normalized spacial score (nSPS) is 15.3. The van der Waals surface area contributed by atoms with Crippen molar-refractivity contribution < 1.29 is 14.3 Å². The van der Waals surface area contributed by atoms with Crippen molar-refractivity contribution >= 4 is 29.1 Å². The molecule has 5 rings (SSSR count). The molecule has 4 heteroatoms. The summed E-state index contributed by atoms with van der Waals surface area (Å²) in [7, 11) is -0.792. The molecule has 152 valence electrons. The molecule has 4 aromatic rings. The van der Waals surface area contributed by atoms with Crippen molar-refractivity contribution in [1.29, 1.82) is 0 Å². The first-order valence-corrected chi connectivity index (χ1v) is 12.1. The molecule has 0 fully saturated rings. The first-order chi connectivity index (χ1) is 15.3. The highest BCUT2D eigenvalue weighted by atomic mass is 31.2. The van der Waals surface area contributed by atoms with Crippen molar-refractivity contribution in [1.82, 2.24) is 0 Å². The van der Waals surface area contributed by atoms with E-state index >= 15 is 0 Å². The molecule has 0 bridgehead atoms. The summed E-state index contributed by atoms with van der Waals surface area (Å²) in [5, 5.41) is 3.47. The van der Waals surface area contributed by atoms with Gasteiger partial charge in [0.1, 0.15) is 21.7 Å². The number of hydrogen-bond acceptors (Lipinski definition) is 3. The zero-order chi connectivity index (χ0) is 21.3. The van der Waals surface area contributed by atoms with Gasteiger partial charge in [-0.05, 0) is 48.5 Å². The van der Waals surface area contributed by atoms with E-state index in [1.165, 1.54) is 0 Å². The minimum absolute atomic E-state index is 0.300. The van der Waals surface area contributed by atoms with Crippen LogP contribution in [0.2, 0.25) is 0 Å². The molecule has 0 radical (unpaired) electrons. The lowest BCUT2D eigenvalue weighted by Gasteiger charge is -2.32. The van der Waals surface area contributed by atoms with Gasteiger partial charge in [0.15, 0.2) is 7.26 Å². The van der Waals surface area contributed by atoms with Crippen molar-refractivity contribution in [2.24, 2.45) is 0 Å². The number of benzene rings is 4. The predicted molar refractivity (Wildman–Crippen MR) is 126 cm³/mol. The van der Waals surface area contributed by atoms with Crippen LogP contribution in [0.1, 0.15) is 21.8 Å². The topological polar surface area (TPSA) is 35.5 Å². The average molecular weight is 425 g/mol. The molecule has 0 spiro atoms. The second-order valence-electron chi connectivity index (χ2n) is 7.41. The Kier molecular flexibility index (Phi) is 5.05. The van der Waals surface area contributed by atoms with Crippen LogP contribution in [0.5, 0.6) is 5.75 Å². The largest absolute Gasteiger partial charge is 0.496 e. The fourth-order valence-corrected chi connectivity index (χ4v) is 9.04. The van der Waals surface area contributed by atoms with Gasteiger partial charge in [0, 0.05) is 0 Å². The standard InChI is InChI=1S/C27H22O3P/c1-29-24-19-11-18-23-25(24)27(30-26(23)28)31(20-12-5-2-6-13-20,21-14-7-3-8-15-21)22-16-9-4-10-17-22/h2-19,27H,1H3/q+1/t27-/m1/s1. The van der Waals surface area contributed by atoms with Crippen molar-refractivity contribution in [2.45, 2.75) is 5.85 Å². The Morgan fingerprint density at radius 1 is 0.677 bits per heavy atom. The van der Waals surface area contributed by atoms with Gasteiger partial charge >= 0.3 is 5.97 Å². The molecule has 1 aliphatic rings. The average Bonchev–Trinajstić information content (AvgIpc) is 3.19. The smallest absolute Gasteiger partial charge is 0.342 e. The van der Waals surface area contributed by atoms with Crippen LogP contribution in [0.25, 0.3) is 0 Å². The third kappa shape index (κ3) is 3.05. The van der Waals surface area contributed by atoms with E-state index in [-0.39, 0.29) is 5.97 Å². The first kappa shape index (κ1) is 19.5. The van der Waals surface area contributed by atoms with Gasteiger partial charge in [-0.15, -0.1) is 0 Å². The summed E-state index contributed by atoms with van der Waals surface area (Å²) in [6, 6.07) is 36.8. The molecule has 0 aromatic heterocycles. The Balaban J connectivity index is 1.91. The molecule has 0 aliphatic carbocycles. The fourth-order valence-electron chi connectivity index (χ4n) is 4.49. The van der Waals surface area contributed by atoms with Crippen molar-refractivity contribution in [3.05, 3.63) is 120 Å². The quantitative estimate of drug-likeness (QED) is 0.339. The fraction of sp³-hybridized carbons (Fsp3) is 0.0741. The molecule has 0 saturated carbocycles.